The van der Waals surface area contributed by atoms with E-state index in [1.807, 2.05) is 12.1 Å². The minimum atomic E-state index is 0.345. The third kappa shape index (κ3) is 1.66. The number of hydrogen-bond acceptors (Lipinski definition) is 4. The molecule has 0 aliphatic carbocycles. The van der Waals surface area contributed by atoms with Crippen LogP contribution in [0.1, 0.15) is 5.82 Å². The SMILES string of the molecule is NCc1ncnn1-c1ccc(Br)cn1. The standard InChI is InChI=1S/C8H8BrN5/c9-6-1-2-7(11-4-6)14-8(3-10)12-5-13-14/h1-2,4-5H,3,10H2. The predicted octanol–water partition coefficient (Wildman–Crippen LogP) is 0.883. The molecule has 0 bridgehead atoms. The molecule has 0 amide bonds. The van der Waals surface area contributed by atoms with E-state index in [-0.39, 0.29) is 0 Å². The summed E-state index contributed by atoms with van der Waals surface area (Å²) in [5.41, 5.74) is 5.50. The van der Waals surface area contributed by atoms with Gasteiger partial charge in [0.05, 0.1) is 6.54 Å². The highest BCUT2D eigenvalue weighted by atomic mass is 79.9. The Bertz CT molecular complexity index is 422. The summed E-state index contributed by atoms with van der Waals surface area (Å²) < 4.78 is 2.54. The molecule has 2 aromatic heterocycles. The monoisotopic (exact) mass is 253 g/mol. The minimum Gasteiger partial charge on any atom is -0.324 e. The first-order chi connectivity index (χ1) is 6.81. The van der Waals surface area contributed by atoms with Gasteiger partial charge in [0.15, 0.2) is 5.82 Å². The third-order valence-corrected chi connectivity index (χ3v) is 2.20. The summed E-state index contributed by atoms with van der Waals surface area (Å²) in [7, 11) is 0. The lowest BCUT2D eigenvalue weighted by molar-refractivity contribution is 0.768. The van der Waals surface area contributed by atoms with E-state index in [1.165, 1.54) is 6.33 Å². The first-order valence-electron chi connectivity index (χ1n) is 4.02. The Morgan fingerprint density at radius 3 is 2.86 bits per heavy atom. The molecule has 14 heavy (non-hydrogen) atoms. The Morgan fingerprint density at radius 1 is 1.36 bits per heavy atom. The molecular formula is C8H8BrN5. The lowest BCUT2D eigenvalue weighted by Crippen LogP contribution is -2.09. The number of aromatic nitrogens is 4. The van der Waals surface area contributed by atoms with Crippen LogP contribution in [0, 0.1) is 0 Å². The second-order valence-electron chi connectivity index (χ2n) is 2.63. The molecule has 0 unspecified atom stereocenters. The Hall–Kier alpha value is -1.27. The normalized spacial score (nSPS) is 10.4. The Balaban J connectivity index is 2.44. The van der Waals surface area contributed by atoms with Crippen LogP contribution < -0.4 is 5.73 Å². The van der Waals surface area contributed by atoms with Gasteiger partial charge in [-0.15, -0.1) is 0 Å². The summed E-state index contributed by atoms with van der Waals surface area (Å²) in [4.78, 5) is 8.20. The van der Waals surface area contributed by atoms with Gasteiger partial charge in [0.2, 0.25) is 0 Å². The molecular weight excluding hydrogens is 246 g/mol. The molecule has 0 spiro atoms. The highest BCUT2D eigenvalue weighted by Crippen LogP contribution is 2.10. The van der Waals surface area contributed by atoms with Gasteiger partial charge in [-0.25, -0.2) is 9.97 Å². The zero-order chi connectivity index (χ0) is 9.97. The second-order valence-corrected chi connectivity index (χ2v) is 3.54. The summed E-state index contributed by atoms with van der Waals surface area (Å²) in [6.45, 7) is 0.345. The number of nitrogens with two attached hydrogens (primary N) is 1. The van der Waals surface area contributed by atoms with E-state index in [4.69, 9.17) is 5.73 Å². The van der Waals surface area contributed by atoms with Crippen LogP contribution in [0.2, 0.25) is 0 Å². The van der Waals surface area contributed by atoms with Crippen LogP contribution >= 0.6 is 15.9 Å². The molecule has 2 heterocycles. The van der Waals surface area contributed by atoms with Crippen molar-refractivity contribution in [3.05, 3.63) is 35.0 Å². The van der Waals surface area contributed by atoms with Crippen LogP contribution in [-0.4, -0.2) is 19.7 Å². The summed E-state index contributed by atoms with van der Waals surface area (Å²) in [6, 6.07) is 3.74. The fourth-order valence-electron chi connectivity index (χ4n) is 1.09. The van der Waals surface area contributed by atoms with Crippen LogP contribution in [0.4, 0.5) is 0 Å². The summed E-state index contributed by atoms with van der Waals surface area (Å²) in [6.07, 6.45) is 3.17. The van der Waals surface area contributed by atoms with Crippen LogP contribution in [0.25, 0.3) is 5.82 Å². The third-order valence-electron chi connectivity index (χ3n) is 1.73. The second kappa shape index (κ2) is 3.85. The lowest BCUT2D eigenvalue weighted by Gasteiger charge is -2.02. The maximum Gasteiger partial charge on any atom is 0.155 e. The predicted molar refractivity (Wildman–Crippen MR) is 54.7 cm³/mol. The van der Waals surface area contributed by atoms with E-state index in [0.29, 0.717) is 18.2 Å². The maximum absolute atomic E-state index is 5.50. The Kier molecular flexibility index (Phi) is 2.55. The van der Waals surface area contributed by atoms with Gasteiger partial charge in [0, 0.05) is 10.7 Å². The smallest absolute Gasteiger partial charge is 0.155 e. The van der Waals surface area contributed by atoms with Crippen molar-refractivity contribution >= 4 is 15.9 Å². The molecule has 0 atom stereocenters. The molecule has 0 fully saturated rings. The molecule has 72 valence electrons. The number of halogens is 1. The Labute approximate surface area is 89.1 Å². The van der Waals surface area contributed by atoms with Gasteiger partial charge in [-0.3, -0.25) is 0 Å². The maximum atomic E-state index is 5.50. The van der Waals surface area contributed by atoms with Gasteiger partial charge in [-0.2, -0.15) is 9.78 Å². The number of pyridine rings is 1. The molecule has 2 aromatic rings. The Morgan fingerprint density at radius 2 is 2.21 bits per heavy atom. The van der Waals surface area contributed by atoms with Crippen molar-refractivity contribution in [3.63, 3.8) is 0 Å². The number of hydrogen-bond donors (Lipinski definition) is 1. The van der Waals surface area contributed by atoms with E-state index in [2.05, 4.69) is 31.0 Å². The summed E-state index contributed by atoms with van der Waals surface area (Å²) in [5.74, 6) is 1.41. The van der Waals surface area contributed by atoms with Crippen molar-refractivity contribution < 1.29 is 0 Å². The molecule has 2 rings (SSSR count). The highest BCUT2D eigenvalue weighted by Gasteiger charge is 2.04. The minimum absolute atomic E-state index is 0.345. The van der Waals surface area contributed by atoms with Crippen LogP contribution in [0.3, 0.4) is 0 Å². The van der Waals surface area contributed by atoms with Crippen molar-refractivity contribution in [2.75, 3.05) is 0 Å². The van der Waals surface area contributed by atoms with Gasteiger partial charge in [-0.05, 0) is 28.1 Å². The van der Waals surface area contributed by atoms with E-state index >= 15 is 0 Å². The van der Waals surface area contributed by atoms with Gasteiger partial charge >= 0.3 is 0 Å². The molecule has 0 aliphatic rings. The molecule has 0 saturated heterocycles. The van der Waals surface area contributed by atoms with E-state index in [1.54, 1.807) is 10.9 Å². The van der Waals surface area contributed by atoms with Crippen LogP contribution in [-0.2, 0) is 6.54 Å². The van der Waals surface area contributed by atoms with Crippen LogP contribution in [0.5, 0.6) is 0 Å². The van der Waals surface area contributed by atoms with Crippen molar-refractivity contribution in [1.29, 1.82) is 0 Å². The molecule has 0 saturated carbocycles. The summed E-state index contributed by atoms with van der Waals surface area (Å²) in [5, 5.41) is 4.03. The first-order valence-corrected chi connectivity index (χ1v) is 4.81. The number of rotatable bonds is 2. The molecule has 2 N–H and O–H groups in total. The first kappa shape index (κ1) is 9.29. The molecule has 0 aromatic carbocycles. The largest absolute Gasteiger partial charge is 0.324 e. The van der Waals surface area contributed by atoms with Gasteiger partial charge < -0.3 is 5.73 Å². The van der Waals surface area contributed by atoms with E-state index in [0.717, 1.165) is 4.47 Å². The van der Waals surface area contributed by atoms with Crippen molar-refractivity contribution in [1.82, 2.24) is 19.7 Å². The zero-order valence-corrected chi connectivity index (χ0v) is 8.85. The van der Waals surface area contributed by atoms with Gasteiger partial charge in [-0.1, -0.05) is 0 Å². The summed E-state index contributed by atoms with van der Waals surface area (Å²) >= 11 is 3.31. The average molecular weight is 254 g/mol. The van der Waals surface area contributed by atoms with Gasteiger partial charge in [0.1, 0.15) is 12.2 Å². The van der Waals surface area contributed by atoms with Crippen molar-refractivity contribution in [3.8, 4) is 5.82 Å². The van der Waals surface area contributed by atoms with Crippen molar-refractivity contribution in [2.24, 2.45) is 5.73 Å². The molecule has 0 aliphatic heterocycles. The fraction of sp³-hybridized carbons (Fsp3) is 0.125. The number of nitrogens with zero attached hydrogens (tertiary/aromatic N) is 4. The quantitative estimate of drug-likeness (QED) is 0.863. The van der Waals surface area contributed by atoms with E-state index < -0.39 is 0 Å². The molecule has 6 heteroatoms. The van der Waals surface area contributed by atoms with E-state index in [9.17, 15) is 0 Å². The van der Waals surface area contributed by atoms with Gasteiger partial charge in [0.25, 0.3) is 0 Å². The lowest BCUT2D eigenvalue weighted by atomic mass is 10.4. The zero-order valence-electron chi connectivity index (χ0n) is 7.26. The van der Waals surface area contributed by atoms with Crippen LogP contribution in [0.15, 0.2) is 29.1 Å². The molecule has 0 radical (unpaired) electrons. The molecule has 5 nitrogen and oxygen atoms in total. The highest BCUT2D eigenvalue weighted by molar-refractivity contribution is 9.10. The average Bonchev–Trinajstić information content (AvgIpc) is 2.67. The topological polar surface area (TPSA) is 69.6 Å². The van der Waals surface area contributed by atoms with Crippen molar-refractivity contribution in [2.45, 2.75) is 6.54 Å². The fourth-order valence-corrected chi connectivity index (χ4v) is 1.32.